The zero-order valence-corrected chi connectivity index (χ0v) is 20.7. The van der Waals surface area contributed by atoms with E-state index in [0.29, 0.717) is 23.9 Å². The number of hydrogen-bond acceptors (Lipinski definition) is 7. The molecule has 2 saturated carbocycles. The first-order chi connectivity index (χ1) is 15.6. The van der Waals surface area contributed by atoms with Gasteiger partial charge in [-0.25, -0.2) is 0 Å². The standard InChI is InChI=1S/C26H44O7/c1-24(12-13-32-23-22(30)21(29)20(28)18(15-27)33-23)11-8-17-16(14-24)6-7-19-25(17,2)9-5-10-26(19,3)31-4/h6,17-23,27-30H,5,7-15H2,1-4H3/t17-,18+,19+,20+,21-,22-,23-,24+,25+,26-/m0/s1. The molecule has 0 bridgehead atoms. The Hall–Kier alpha value is -0.540. The molecule has 7 nitrogen and oxygen atoms in total. The summed E-state index contributed by atoms with van der Waals surface area (Å²) >= 11 is 0. The number of allylic oxidation sites excluding steroid dienone is 2. The number of methoxy groups -OCH3 is 1. The van der Waals surface area contributed by atoms with Crippen LogP contribution in [-0.2, 0) is 14.2 Å². The third-order valence-corrected chi connectivity index (χ3v) is 9.75. The second-order valence-corrected chi connectivity index (χ2v) is 11.8. The normalized spacial score (nSPS) is 50.3. The van der Waals surface area contributed by atoms with Gasteiger partial charge >= 0.3 is 0 Å². The molecule has 3 aliphatic carbocycles. The fourth-order valence-corrected chi connectivity index (χ4v) is 7.51. The minimum Gasteiger partial charge on any atom is -0.394 e. The summed E-state index contributed by atoms with van der Waals surface area (Å²) in [6.45, 7) is 7.06. The summed E-state index contributed by atoms with van der Waals surface area (Å²) < 4.78 is 17.3. The summed E-state index contributed by atoms with van der Waals surface area (Å²) in [6.07, 6.45) is 5.31. The van der Waals surface area contributed by atoms with Gasteiger partial charge in [-0.3, -0.25) is 0 Å². The summed E-state index contributed by atoms with van der Waals surface area (Å²) in [6, 6.07) is 0. The fraction of sp³-hybridized carbons (Fsp3) is 0.923. The van der Waals surface area contributed by atoms with Gasteiger partial charge in [-0.15, -0.1) is 0 Å². The Bertz CT molecular complexity index is 725. The van der Waals surface area contributed by atoms with Crippen LogP contribution >= 0.6 is 0 Å². The van der Waals surface area contributed by atoms with Crippen LogP contribution in [0.3, 0.4) is 0 Å². The molecule has 0 aromatic carbocycles. The van der Waals surface area contributed by atoms with Crippen LogP contribution in [0.1, 0.15) is 72.1 Å². The van der Waals surface area contributed by atoms with Crippen LogP contribution in [0.25, 0.3) is 0 Å². The first-order valence-electron chi connectivity index (χ1n) is 12.7. The SMILES string of the molecule is CO[C@@]1(C)CCC[C@@]2(C)[C@H]1CC=C1C[C@@](C)(CCO[C@H]3O[C@H](CO)[C@@H](O)[C@H](O)[C@@H]3O)CC[C@@H]12. The van der Waals surface area contributed by atoms with Crippen molar-refractivity contribution in [1.82, 2.24) is 0 Å². The number of fused-ring (bicyclic) bond motifs is 3. The molecule has 4 N–H and O–H groups in total. The number of aliphatic hydroxyl groups is 4. The van der Waals surface area contributed by atoms with Crippen molar-refractivity contribution in [3.8, 4) is 0 Å². The molecule has 1 heterocycles. The monoisotopic (exact) mass is 468 g/mol. The van der Waals surface area contributed by atoms with Crippen molar-refractivity contribution in [2.45, 2.75) is 108 Å². The van der Waals surface area contributed by atoms with E-state index in [1.807, 2.05) is 7.11 Å². The maximum absolute atomic E-state index is 10.2. The van der Waals surface area contributed by atoms with Gasteiger partial charge in [0.1, 0.15) is 24.4 Å². The van der Waals surface area contributed by atoms with Gasteiger partial charge in [0.15, 0.2) is 6.29 Å². The Morgan fingerprint density at radius 1 is 1.06 bits per heavy atom. The summed E-state index contributed by atoms with van der Waals surface area (Å²) in [4.78, 5) is 0. The van der Waals surface area contributed by atoms with Crippen LogP contribution in [0.4, 0.5) is 0 Å². The minimum absolute atomic E-state index is 0.0327. The zero-order valence-electron chi connectivity index (χ0n) is 20.7. The van der Waals surface area contributed by atoms with E-state index >= 15 is 0 Å². The van der Waals surface area contributed by atoms with Crippen molar-refractivity contribution >= 4 is 0 Å². The number of hydrogen-bond donors (Lipinski definition) is 4. The topological polar surface area (TPSA) is 109 Å². The summed E-state index contributed by atoms with van der Waals surface area (Å²) in [5.74, 6) is 1.18. The lowest BCUT2D eigenvalue weighted by atomic mass is 9.48. The molecule has 0 spiro atoms. The highest BCUT2D eigenvalue weighted by atomic mass is 16.7. The predicted octanol–water partition coefficient (Wildman–Crippen LogP) is 2.54. The maximum atomic E-state index is 10.2. The molecule has 1 aliphatic heterocycles. The van der Waals surface area contributed by atoms with Gasteiger partial charge in [0.2, 0.25) is 0 Å². The quantitative estimate of drug-likeness (QED) is 0.444. The number of rotatable bonds is 6. The molecule has 190 valence electrons. The molecule has 0 aromatic rings. The third kappa shape index (κ3) is 4.55. The van der Waals surface area contributed by atoms with E-state index < -0.39 is 37.3 Å². The van der Waals surface area contributed by atoms with E-state index in [1.165, 1.54) is 19.3 Å². The van der Waals surface area contributed by atoms with Crippen LogP contribution in [-0.4, -0.2) is 77.1 Å². The largest absolute Gasteiger partial charge is 0.394 e. The molecule has 1 saturated heterocycles. The molecule has 0 unspecified atom stereocenters. The summed E-state index contributed by atoms with van der Waals surface area (Å²) in [7, 11) is 1.87. The van der Waals surface area contributed by atoms with Crippen LogP contribution in [0.5, 0.6) is 0 Å². The van der Waals surface area contributed by atoms with E-state index in [4.69, 9.17) is 14.2 Å². The Morgan fingerprint density at radius 2 is 1.82 bits per heavy atom. The molecule has 4 rings (SSSR count). The highest BCUT2D eigenvalue weighted by molar-refractivity contribution is 5.24. The van der Waals surface area contributed by atoms with E-state index in [2.05, 4.69) is 26.8 Å². The average Bonchev–Trinajstić information content (AvgIpc) is 2.78. The van der Waals surface area contributed by atoms with Crippen LogP contribution in [0.15, 0.2) is 11.6 Å². The molecular weight excluding hydrogens is 424 g/mol. The van der Waals surface area contributed by atoms with Gasteiger partial charge < -0.3 is 34.6 Å². The van der Waals surface area contributed by atoms with E-state index in [-0.39, 0.29) is 11.0 Å². The number of aliphatic hydroxyl groups excluding tert-OH is 4. The molecule has 10 atom stereocenters. The van der Waals surface area contributed by atoms with E-state index in [9.17, 15) is 20.4 Å². The molecule has 33 heavy (non-hydrogen) atoms. The number of ether oxygens (including phenoxy) is 3. The van der Waals surface area contributed by atoms with Gasteiger partial charge in [0, 0.05) is 7.11 Å². The highest BCUT2D eigenvalue weighted by Gasteiger charge is 2.56. The Balaban J connectivity index is 1.37. The first kappa shape index (κ1) is 25.5. The molecule has 0 radical (unpaired) electrons. The third-order valence-electron chi connectivity index (χ3n) is 9.75. The van der Waals surface area contributed by atoms with Crippen molar-refractivity contribution < 1.29 is 34.6 Å². The lowest BCUT2D eigenvalue weighted by Gasteiger charge is -2.59. The smallest absolute Gasteiger partial charge is 0.186 e. The molecule has 3 fully saturated rings. The van der Waals surface area contributed by atoms with Gasteiger partial charge in [-0.1, -0.05) is 31.9 Å². The molecule has 4 aliphatic rings. The molecular formula is C26H44O7. The highest BCUT2D eigenvalue weighted by Crippen LogP contribution is 2.62. The minimum atomic E-state index is -1.40. The lowest BCUT2D eigenvalue weighted by Crippen LogP contribution is -2.59. The second kappa shape index (κ2) is 9.49. The van der Waals surface area contributed by atoms with Crippen molar-refractivity contribution in [3.63, 3.8) is 0 Å². The summed E-state index contributed by atoms with van der Waals surface area (Å²) in [5, 5.41) is 39.5. The van der Waals surface area contributed by atoms with Gasteiger partial charge in [0.05, 0.1) is 18.8 Å². The van der Waals surface area contributed by atoms with Gasteiger partial charge in [-0.05, 0) is 74.5 Å². The fourth-order valence-electron chi connectivity index (χ4n) is 7.51. The Kier molecular flexibility index (Phi) is 7.35. The predicted molar refractivity (Wildman–Crippen MR) is 123 cm³/mol. The van der Waals surface area contributed by atoms with Crippen molar-refractivity contribution in [1.29, 1.82) is 0 Å². The van der Waals surface area contributed by atoms with Gasteiger partial charge in [-0.2, -0.15) is 0 Å². The van der Waals surface area contributed by atoms with Crippen molar-refractivity contribution in [3.05, 3.63) is 11.6 Å². The van der Waals surface area contributed by atoms with E-state index in [1.54, 1.807) is 5.57 Å². The molecule has 0 aromatic heterocycles. The lowest BCUT2D eigenvalue weighted by molar-refractivity contribution is -0.302. The molecule has 0 amide bonds. The van der Waals surface area contributed by atoms with Crippen molar-refractivity contribution in [2.24, 2.45) is 22.7 Å². The first-order valence-corrected chi connectivity index (χ1v) is 12.7. The van der Waals surface area contributed by atoms with Crippen LogP contribution in [0, 0.1) is 22.7 Å². The van der Waals surface area contributed by atoms with Crippen molar-refractivity contribution in [2.75, 3.05) is 20.3 Å². The van der Waals surface area contributed by atoms with Gasteiger partial charge in [0.25, 0.3) is 0 Å². The Labute approximate surface area is 198 Å². The Morgan fingerprint density at radius 3 is 2.52 bits per heavy atom. The zero-order chi connectivity index (χ0) is 24.0. The molecule has 7 heteroatoms. The summed E-state index contributed by atoms with van der Waals surface area (Å²) in [5.41, 5.74) is 1.96. The second-order valence-electron chi connectivity index (χ2n) is 11.8. The van der Waals surface area contributed by atoms with Crippen LogP contribution < -0.4 is 0 Å². The van der Waals surface area contributed by atoms with Crippen LogP contribution in [0.2, 0.25) is 0 Å². The maximum Gasteiger partial charge on any atom is 0.186 e. The van der Waals surface area contributed by atoms with E-state index in [0.717, 1.165) is 32.1 Å². The average molecular weight is 469 g/mol.